The Kier molecular flexibility index (Phi) is 3.93. The highest BCUT2D eigenvalue weighted by Crippen LogP contribution is 2.46. The Hall–Kier alpha value is -0.370. The molecule has 0 radical (unpaired) electrons. The van der Waals surface area contributed by atoms with Gasteiger partial charge < -0.3 is 9.90 Å². The van der Waals surface area contributed by atoms with E-state index in [1.54, 1.807) is 6.92 Å². The van der Waals surface area contributed by atoms with Crippen LogP contribution in [0.5, 0.6) is 0 Å². The third kappa shape index (κ3) is 3.30. The molecular weight excluding hydrogens is 188 g/mol. The van der Waals surface area contributed by atoms with Gasteiger partial charge in [0.05, 0.1) is 6.10 Å². The summed E-state index contributed by atoms with van der Waals surface area (Å²) in [7, 11) is 0. The van der Waals surface area contributed by atoms with E-state index in [1.165, 1.54) is 0 Å². The molecule has 0 aromatic carbocycles. The van der Waals surface area contributed by atoms with Crippen molar-refractivity contribution in [2.75, 3.05) is 0 Å². The van der Waals surface area contributed by atoms with Crippen molar-refractivity contribution in [1.29, 1.82) is 0 Å². The fourth-order valence-electron chi connectivity index (χ4n) is 3.24. The van der Waals surface area contributed by atoms with Gasteiger partial charge in [-0.1, -0.05) is 20.8 Å². The normalized spacial score (nSPS) is 35.1. The molecule has 1 rings (SSSR count). The van der Waals surface area contributed by atoms with Crippen LogP contribution in [0.2, 0.25) is 0 Å². The molecule has 1 fully saturated rings. The third-order valence-electron chi connectivity index (χ3n) is 3.90. The number of Topliss-reactive ketones (excluding diaryl/α,β-unsaturated/α-hetero) is 1. The first-order valence-corrected chi connectivity index (χ1v) is 6.00. The zero-order chi connectivity index (χ0) is 11.6. The lowest BCUT2D eigenvalue weighted by Crippen LogP contribution is -2.40. The van der Waals surface area contributed by atoms with Crippen molar-refractivity contribution in [2.45, 2.75) is 59.5 Å². The molecule has 0 unspecified atom stereocenters. The van der Waals surface area contributed by atoms with Gasteiger partial charge >= 0.3 is 0 Å². The maximum absolute atomic E-state index is 11.0. The van der Waals surface area contributed by atoms with E-state index in [4.69, 9.17) is 0 Å². The Morgan fingerprint density at radius 3 is 2.53 bits per heavy atom. The van der Waals surface area contributed by atoms with Crippen molar-refractivity contribution in [1.82, 2.24) is 0 Å². The zero-order valence-electron chi connectivity index (χ0n) is 10.4. The van der Waals surface area contributed by atoms with Crippen LogP contribution in [0.3, 0.4) is 0 Å². The zero-order valence-corrected chi connectivity index (χ0v) is 10.4. The van der Waals surface area contributed by atoms with Gasteiger partial charge in [-0.2, -0.15) is 0 Å². The molecule has 0 bridgehead atoms. The van der Waals surface area contributed by atoms with Crippen LogP contribution in [0, 0.1) is 17.3 Å². The SMILES string of the molecule is CC(=O)CC[C@@H]1[C@H](C)C[C@H](O)CC1(C)C. The van der Waals surface area contributed by atoms with Gasteiger partial charge in [0.15, 0.2) is 0 Å². The minimum Gasteiger partial charge on any atom is -0.393 e. The number of aliphatic hydroxyl groups is 1. The summed E-state index contributed by atoms with van der Waals surface area (Å²) in [5.41, 5.74) is 0.173. The molecule has 1 aliphatic carbocycles. The van der Waals surface area contributed by atoms with E-state index in [1.807, 2.05) is 0 Å². The van der Waals surface area contributed by atoms with Gasteiger partial charge in [-0.3, -0.25) is 0 Å². The number of ketones is 1. The molecule has 15 heavy (non-hydrogen) atoms. The number of hydrogen-bond donors (Lipinski definition) is 1. The Morgan fingerprint density at radius 2 is 2.07 bits per heavy atom. The Morgan fingerprint density at radius 1 is 1.47 bits per heavy atom. The Bertz CT molecular complexity index is 233. The second kappa shape index (κ2) is 4.65. The van der Waals surface area contributed by atoms with E-state index < -0.39 is 0 Å². The highest BCUT2D eigenvalue weighted by molar-refractivity contribution is 5.75. The number of aliphatic hydroxyl groups excluding tert-OH is 1. The Balaban J connectivity index is 2.63. The molecule has 0 aromatic heterocycles. The molecule has 88 valence electrons. The lowest BCUT2D eigenvalue weighted by atomic mass is 9.62. The molecule has 2 heteroatoms. The van der Waals surface area contributed by atoms with Crippen LogP contribution in [0.4, 0.5) is 0 Å². The lowest BCUT2D eigenvalue weighted by molar-refractivity contribution is -0.117. The fraction of sp³-hybridized carbons (Fsp3) is 0.923. The van der Waals surface area contributed by atoms with Crippen molar-refractivity contribution in [3.05, 3.63) is 0 Å². The Labute approximate surface area is 93.1 Å². The monoisotopic (exact) mass is 212 g/mol. The summed E-state index contributed by atoms with van der Waals surface area (Å²) in [4.78, 5) is 11.0. The highest BCUT2D eigenvalue weighted by Gasteiger charge is 2.39. The number of rotatable bonds is 3. The summed E-state index contributed by atoms with van der Waals surface area (Å²) in [6, 6.07) is 0. The predicted octanol–water partition coefficient (Wildman–Crippen LogP) is 2.79. The lowest BCUT2D eigenvalue weighted by Gasteiger charge is -2.45. The van der Waals surface area contributed by atoms with Crippen LogP contribution >= 0.6 is 0 Å². The topological polar surface area (TPSA) is 37.3 Å². The van der Waals surface area contributed by atoms with E-state index >= 15 is 0 Å². The molecule has 0 aromatic rings. The number of carbonyl (C=O) groups excluding carboxylic acids is 1. The maximum atomic E-state index is 11.0. The second-order valence-electron chi connectivity index (χ2n) is 5.91. The van der Waals surface area contributed by atoms with Crippen LogP contribution in [0.25, 0.3) is 0 Å². The van der Waals surface area contributed by atoms with E-state index in [0.29, 0.717) is 18.3 Å². The molecule has 0 amide bonds. The van der Waals surface area contributed by atoms with Crippen molar-refractivity contribution in [2.24, 2.45) is 17.3 Å². The summed E-state index contributed by atoms with van der Waals surface area (Å²) >= 11 is 0. The summed E-state index contributed by atoms with van der Waals surface area (Å²) in [6.45, 7) is 8.30. The third-order valence-corrected chi connectivity index (χ3v) is 3.90. The van der Waals surface area contributed by atoms with Gasteiger partial charge in [-0.15, -0.1) is 0 Å². The summed E-state index contributed by atoms with van der Waals surface area (Å²) in [5.74, 6) is 1.39. The van der Waals surface area contributed by atoms with Gasteiger partial charge in [-0.25, -0.2) is 0 Å². The standard InChI is InChI=1S/C13H24O2/c1-9-7-11(15)8-13(3,4)12(9)6-5-10(2)14/h9,11-12,15H,5-8H2,1-4H3/t9-,11+,12-/m1/s1. The minimum absolute atomic E-state index is 0.149. The maximum Gasteiger partial charge on any atom is 0.129 e. The van der Waals surface area contributed by atoms with Crippen molar-refractivity contribution >= 4 is 5.78 Å². The summed E-state index contributed by atoms with van der Waals surface area (Å²) in [5, 5.41) is 9.74. The smallest absolute Gasteiger partial charge is 0.129 e. The first-order valence-electron chi connectivity index (χ1n) is 6.00. The van der Waals surface area contributed by atoms with Crippen LogP contribution in [0.1, 0.15) is 53.4 Å². The van der Waals surface area contributed by atoms with Crippen LogP contribution in [0.15, 0.2) is 0 Å². The molecule has 1 saturated carbocycles. The molecule has 1 aliphatic rings. The molecule has 3 atom stereocenters. The predicted molar refractivity (Wildman–Crippen MR) is 61.6 cm³/mol. The average Bonchev–Trinajstić information content (AvgIpc) is 1.98. The van der Waals surface area contributed by atoms with Crippen LogP contribution in [-0.2, 0) is 4.79 Å². The van der Waals surface area contributed by atoms with Gasteiger partial charge in [0.25, 0.3) is 0 Å². The molecular formula is C13H24O2. The van der Waals surface area contributed by atoms with Crippen molar-refractivity contribution in [3.63, 3.8) is 0 Å². The van der Waals surface area contributed by atoms with Gasteiger partial charge in [-0.05, 0) is 43.4 Å². The molecule has 0 saturated heterocycles. The number of carbonyl (C=O) groups is 1. The van der Waals surface area contributed by atoms with E-state index in [9.17, 15) is 9.90 Å². The quantitative estimate of drug-likeness (QED) is 0.781. The van der Waals surface area contributed by atoms with Crippen LogP contribution in [-0.4, -0.2) is 17.0 Å². The first-order chi connectivity index (χ1) is 6.83. The second-order valence-corrected chi connectivity index (χ2v) is 5.91. The van der Waals surface area contributed by atoms with E-state index in [-0.39, 0.29) is 17.3 Å². The summed E-state index contributed by atoms with van der Waals surface area (Å²) < 4.78 is 0. The van der Waals surface area contributed by atoms with Crippen LogP contribution < -0.4 is 0 Å². The van der Waals surface area contributed by atoms with Gasteiger partial charge in [0.2, 0.25) is 0 Å². The molecule has 1 N–H and O–H groups in total. The number of hydrogen-bond acceptors (Lipinski definition) is 2. The minimum atomic E-state index is -0.149. The first kappa shape index (κ1) is 12.7. The van der Waals surface area contributed by atoms with E-state index in [2.05, 4.69) is 20.8 Å². The molecule has 2 nitrogen and oxygen atoms in total. The summed E-state index contributed by atoms with van der Waals surface area (Å²) in [6.07, 6.45) is 3.29. The van der Waals surface area contributed by atoms with Crippen molar-refractivity contribution in [3.8, 4) is 0 Å². The van der Waals surface area contributed by atoms with Gasteiger partial charge in [0.1, 0.15) is 5.78 Å². The average molecular weight is 212 g/mol. The van der Waals surface area contributed by atoms with Crippen molar-refractivity contribution < 1.29 is 9.90 Å². The molecule has 0 heterocycles. The fourth-order valence-corrected chi connectivity index (χ4v) is 3.24. The molecule has 0 spiro atoms. The highest BCUT2D eigenvalue weighted by atomic mass is 16.3. The van der Waals surface area contributed by atoms with Gasteiger partial charge in [0, 0.05) is 6.42 Å². The molecule has 0 aliphatic heterocycles. The largest absolute Gasteiger partial charge is 0.393 e. The van der Waals surface area contributed by atoms with E-state index in [0.717, 1.165) is 19.3 Å².